The molecule has 0 saturated heterocycles. The Morgan fingerprint density at radius 3 is 2.69 bits per heavy atom. The number of halogens is 1. The quantitative estimate of drug-likeness (QED) is 0.795. The fourth-order valence-electron chi connectivity index (χ4n) is 1.31. The fraction of sp³-hybridized carbons (Fsp3) is 0.0909. The Hall–Kier alpha value is -1.62. The van der Waals surface area contributed by atoms with E-state index in [1.54, 1.807) is 0 Å². The maximum atomic E-state index is 11.4. The van der Waals surface area contributed by atoms with Gasteiger partial charge in [-0.05, 0) is 17.7 Å². The second-order valence-electron chi connectivity index (χ2n) is 3.08. The Balaban J connectivity index is 2.44. The minimum absolute atomic E-state index is 0.185. The van der Waals surface area contributed by atoms with Crippen molar-refractivity contribution in [2.75, 3.05) is 7.11 Å². The zero-order valence-electron chi connectivity index (χ0n) is 8.44. The molecule has 0 unspecified atom stereocenters. The zero-order chi connectivity index (χ0) is 11.5. The van der Waals surface area contributed by atoms with Crippen LogP contribution >= 0.6 is 15.9 Å². The van der Waals surface area contributed by atoms with E-state index in [9.17, 15) is 4.79 Å². The molecule has 2 rings (SSSR count). The summed E-state index contributed by atoms with van der Waals surface area (Å²) in [6, 6.07) is 7.49. The van der Waals surface area contributed by atoms with E-state index in [0.717, 1.165) is 10.0 Å². The van der Waals surface area contributed by atoms with Gasteiger partial charge in [0.25, 0.3) is 0 Å². The molecule has 82 valence electrons. The largest absolute Gasteiger partial charge is 0.464 e. The number of methoxy groups -OCH3 is 1. The van der Waals surface area contributed by atoms with Crippen molar-refractivity contribution < 1.29 is 14.1 Å². The van der Waals surface area contributed by atoms with Crippen molar-refractivity contribution in [2.45, 2.75) is 0 Å². The van der Waals surface area contributed by atoms with Crippen LogP contribution in [0.15, 0.2) is 39.5 Å². The number of rotatable bonds is 2. The van der Waals surface area contributed by atoms with Gasteiger partial charge in [0.15, 0.2) is 5.69 Å². The van der Waals surface area contributed by atoms with E-state index in [1.807, 2.05) is 24.3 Å². The van der Waals surface area contributed by atoms with E-state index in [-0.39, 0.29) is 5.69 Å². The summed E-state index contributed by atoms with van der Waals surface area (Å²) < 4.78 is 10.4. The van der Waals surface area contributed by atoms with Crippen LogP contribution in [0.25, 0.3) is 11.1 Å². The molecule has 0 atom stereocenters. The van der Waals surface area contributed by atoms with Crippen molar-refractivity contribution in [1.29, 1.82) is 0 Å². The van der Waals surface area contributed by atoms with Crippen LogP contribution in [0, 0.1) is 0 Å². The van der Waals surface area contributed by atoms with Crippen molar-refractivity contribution in [1.82, 2.24) is 5.16 Å². The van der Waals surface area contributed by atoms with Crippen LogP contribution in [0.5, 0.6) is 0 Å². The molecule has 0 radical (unpaired) electrons. The lowest BCUT2D eigenvalue weighted by atomic mass is 10.1. The predicted octanol–water partition coefficient (Wildman–Crippen LogP) is 2.89. The molecule has 4 nitrogen and oxygen atoms in total. The van der Waals surface area contributed by atoms with Gasteiger partial charge in [-0.25, -0.2) is 4.79 Å². The molecule has 0 fully saturated rings. The van der Waals surface area contributed by atoms with Crippen LogP contribution in [0.3, 0.4) is 0 Å². The summed E-state index contributed by atoms with van der Waals surface area (Å²) >= 11 is 3.34. The summed E-state index contributed by atoms with van der Waals surface area (Å²) in [7, 11) is 1.31. The first-order chi connectivity index (χ1) is 7.72. The van der Waals surface area contributed by atoms with Gasteiger partial charge < -0.3 is 9.26 Å². The number of benzene rings is 1. The molecule has 0 saturated carbocycles. The molecule has 1 aromatic heterocycles. The minimum atomic E-state index is -0.508. The summed E-state index contributed by atoms with van der Waals surface area (Å²) in [5.74, 6) is -0.508. The number of nitrogens with zero attached hydrogens (tertiary/aromatic N) is 1. The molecule has 0 bridgehead atoms. The predicted molar refractivity (Wildman–Crippen MR) is 61.0 cm³/mol. The minimum Gasteiger partial charge on any atom is -0.464 e. The van der Waals surface area contributed by atoms with E-state index in [4.69, 9.17) is 4.52 Å². The van der Waals surface area contributed by atoms with Crippen LogP contribution in [-0.2, 0) is 4.74 Å². The molecule has 16 heavy (non-hydrogen) atoms. The number of aromatic nitrogens is 1. The standard InChI is InChI=1S/C11H8BrNO3/c1-15-11(14)10-9(6-16-13-10)7-2-4-8(12)5-3-7/h2-6H,1H3. The molecule has 1 aromatic carbocycles. The van der Waals surface area contributed by atoms with E-state index < -0.39 is 5.97 Å². The van der Waals surface area contributed by atoms with Gasteiger partial charge in [-0.1, -0.05) is 33.2 Å². The normalized spacial score (nSPS) is 10.1. The van der Waals surface area contributed by atoms with Crippen LogP contribution < -0.4 is 0 Å². The lowest BCUT2D eigenvalue weighted by Gasteiger charge is -1.99. The fourth-order valence-corrected chi connectivity index (χ4v) is 1.58. The average Bonchev–Trinajstić information content (AvgIpc) is 2.78. The van der Waals surface area contributed by atoms with Crippen LogP contribution in [-0.4, -0.2) is 18.2 Å². The maximum absolute atomic E-state index is 11.4. The van der Waals surface area contributed by atoms with Crippen molar-refractivity contribution in [3.63, 3.8) is 0 Å². The topological polar surface area (TPSA) is 52.3 Å². The highest BCUT2D eigenvalue weighted by Gasteiger charge is 2.17. The molecular formula is C11H8BrNO3. The molecule has 0 spiro atoms. The molecule has 0 aliphatic carbocycles. The Labute approximate surface area is 100 Å². The first-order valence-corrected chi connectivity index (χ1v) is 5.30. The number of ether oxygens (including phenoxy) is 1. The van der Waals surface area contributed by atoms with Gasteiger partial charge in [0.2, 0.25) is 0 Å². The van der Waals surface area contributed by atoms with Gasteiger partial charge in [0.1, 0.15) is 6.26 Å². The van der Waals surface area contributed by atoms with Crippen molar-refractivity contribution >= 4 is 21.9 Å². The zero-order valence-corrected chi connectivity index (χ0v) is 10.0. The van der Waals surface area contributed by atoms with Crippen molar-refractivity contribution in [2.24, 2.45) is 0 Å². The molecule has 0 aliphatic rings. The van der Waals surface area contributed by atoms with Crippen LogP contribution in [0.4, 0.5) is 0 Å². The van der Waals surface area contributed by atoms with Gasteiger partial charge in [-0.15, -0.1) is 0 Å². The molecule has 1 heterocycles. The summed E-state index contributed by atoms with van der Waals surface area (Å²) in [6.45, 7) is 0. The number of esters is 1. The lowest BCUT2D eigenvalue weighted by molar-refractivity contribution is 0.0590. The first-order valence-electron chi connectivity index (χ1n) is 4.51. The molecule has 2 aromatic rings. The van der Waals surface area contributed by atoms with E-state index in [0.29, 0.717) is 5.56 Å². The van der Waals surface area contributed by atoms with Crippen LogP contribution in [0.2, 0.25) is 0 Å². The van der Waals surface area contributed by atoms with Gasteiger partial charge in [0.05, 0.1) is 12.7 Å². The molecule has 5 heteroatoms. The Bertz CT molecular complexity index is 504. The number of hydrogen-bond acceptors (Lipinski definition) is 4. The molecule has 0 N–H and O–H groups in total. The highest BCUT2D eigenvalue weighted by atomic mass is 79.9. The highest BCUT2D eigenvalue weighted by molar-refractivity contribution is 9.10. The summed E-state index contributed by atoms with van der Waals surface area (Å²) in [4.78, 5) is 11.4. The Morgan fingerprint density at radius 2 is 2.06 bits per heavy atom. The summed E-state index contributed by atoms with van der Waals surface area (Å²) in [6.07, 6.45) is 1.43. The molecule has 0 aliphatic heterocycles. The molecule has 0 amide bonds. The summed E-state index contributed by atoms with van der Waals surface area (Å²) in [5.41, 5.74) is 1.66. The van der Waals surface area contributed by atoms with Crippen molar-refractivity contribution in [3.8, 4) is 11.1 Å². The summed E-state index contributed by atoms with van der Waals surface area (Å²) in [5, 5.41) is 3.62. The second kappa shape index (κ2) is 4.49. The Morgan fingerprint density at radius 1 is 1.38 bits per heavy atom. The molecular weight excluding hydrogens is 274 g/mol. The highest BCUT2D eigenvalue weighted by Crippen LogP contribution is 2.25. The van der Waals surface area contributed by atoms with Gasteiger partial charge >= 0.3 is 5.97 Å². The second-order valence-corrected chi connectivity index (χ2v) is 3.99. The van der Waals surface area contributed by atoms with Gasteiger partial charge in [-0.3, -0.25) is 0 Å². The monoisotopic (exact) mass is 281 g/mol. The maximum Gasteiger partial charge on any atom is 0.360 e. The van der Waals surface area contributed by atoms with Gasteiger partial charge in [-0.2, -0.15) is 0 Å². The van der Waals surface area contributed by atoms with Crippen molar-refractivity contribution in [3.05, 3.63) is 40.7 Å². The SMILES string of the molecule is COC(=O)c1nocc1-c1ccc(Br)cc1. The third kappa shape index (κ3) is 1.99. The smallest absolute Gasteiger partial charge is 0.360 e. The van der Waals surface area contributed by atoms with Gasteiger partial charge in [0, 0.05) is 4.47 Å². The first kappa shape index (κ1) is 10.9. The third-order valence-corrected chi connectivity index (χ3v) is 2.63. The van der Waals surface area contributed by atoms with E-state index in [2.05, 4.69) is 25.8 Å². The number of carbonyl (C=O) groups is 1. The van der Waals surface area contributed by atoms with E-state index in [1.165, 1.54) is 13.4 Å². The van der Waals surface area contributed by atoms with E-state index >= 15 is 0 Å². The third-order valence-electron chi connectivity index (χ3n) is 2.10. The number of carbonyl (C=O) groups excluding carboxylic acids is 1. The average molecular weight is 282 g/mol. The number of hydrogen-bond donors (Lipinski definition) is 0. The Kier molecular flexibility index (Phi) is 3.05. The van der Waals surface area contributed by atoms with Crippen LogP contribution in [0.1, 0.15) is 10.5 Å². The lowest BCUT2D eigenvalue weighted by Crippen LogP contribution is -2.03.